The van der Waals surface area contributed by atoms with Crippen LogP contribution in [-0.2, 0) is 14.2 Å². The zero-order valence-corrected chi connectivity index (χ0v) is 15.6. The van der Waals surface area contributed by atoms with Crippen LogP contribution in [0.4, 0.5) is 0 Å². The standard InChI is InChI=1S/C18H24O12/c19-6-18(26)7-28-17(14(18)23)27-5-10-11(20)12(21)13(22)16(30-10)29-9-3-1-8(2-4-9)15(24)25/h1-4,10-14,16-17,19-23,26H,5-7H2,(H,24,25)/t10-,11+,12+,13+,14-,16-,17+,18-/m0/s1. The van der Waals surface area contributed by atoms with Gasteiger partial charge in [0.1, 0.15) is 41.9 Å². The van der Waals surface area contributed by atoms with Crippen molar-refractivity contribution in [3.8, 4) is 5.75 Å². The minimum absolute atomic E-state index is 0.0205. The molecule has 2 aliphatic rings. The number of benzene rings is 1. The van der Waals surface area contributed by atoms with E-state index in [9.17, 15) is 30.3 Å². The zero-order valence-electron chi connectivity index (χ0n) is 15.6. The molecule has 168 valence electrons. The summed E-state index contributed by atoms with van der Waals surface area (Å²) in [6.07, 6.45) is -10.3. The maximum Gasteiger partial charge on any atom is 0.335 e. The number of carboxylic acids is 1. The van der Waals surface area contributed by atoms with Crippen LogP contribution >= 0.6 is 0 Å². The van der Waals surface area contributed by atoms with Crippen LogP contribution in [0.15, 0.2) is 24.3 Å². The van der Waals surface area contributed by atoms with Gasteiger partial charge >= 0.3 is 5.97 Å². The summed E-state index contributed by atoms with van der Waals surface area (Å²) >= 11 is 0. The SMILES string of the molecule is O=C(O)c1ccc(O[C@H]2O[C@@H](CO[C@@H]3OC[C@@](O)(CO)[C@H]3O)[C@@H](O)[C@@H](O)[C@H]2O)cc1. The lowest BCUT2D eigenvalue weighted by Crippen LogP contribution is -2.60. The first-order chi connectivity index (χ1) is 14.2. The van der Waals surface area contributed by atoms with Gasteiger partial charge in [0.05, 0.1) is 25.4 Å². The number of aliphatic hydroxyl groups is 6. The molecule has 12 nitrogen and oxygen atoms in total. The Bertz CT molecular complexity index is 726. The number of rotatable bonds is 7. The van der Waals surface area contributed by atoms with E-state index in [1.165, 1.54) is 24.3 Å². The third-order valence-corrected chi connectivity index (χ3v) is 5.03. The Morgan fingerprint density at radius 3 is 2.30 bits per heavy atom. The smallest absolute Gasteiger partial charge is 0.335 e. The van der Waals surface area contributed by atoms with Crippen LogP contribution in [0.1, 0.15) is 10.4 Å². The van der Waals surface area contributed by atoms with Gasteiger partial charge in [0, 0.05) is 0 Å². The van der Waals surface area contributed by atoms with Crippen molar-refractivity contribution in [2.45, 2.75) is 48.7 Å². The average Bonchev–Trinajstić information content (AvgIpc) is 3.02. The predicted molar refractivity (Wildman–Crippen MR) is 94.4 cm³/mol. The molecule has 3 rings (SSSR count). The highest BCUT2D eigenvalue weighted by molar-refractivity contribution is 5.87. The zero-order chi connectivity index (χ0) is 22.1. The summed E-state index contributed by atoms with van der Waals surface area (Å²) in [6, 6.07) is 5.22. The van der Waals surface area contributed by atoms with Crippen molar-refractivity contribution < 1.29 is 59.5 Å². The summed E-state index contributed by atoms with van der Waals surface area (Å²) < 4.78 is 21.3. The van der Waals surface area contributed by atoms with Crippen molar-refractivity contribution in [2.24, 2.45) is 0 Å². The lowest BCUT2D eigenvalue weighted by molar-refractivity contribution is -0.289. The van der Waals surface area contributed by atoms with E-state index in [0.29, 0.717) is 0 Å². The van der Waals surface area contributed by atoms with Gasteiger partial charge in [-0.2, -0.15) is 0 Å². The highest BCUT2D eigenvalue weighted by Crippen LogP contribution is 2.28. The summed E-state index contributed by atoms with van der Waals surface area (Å²) in [5, 5.41) is 68.4. The van der Waals surface area contributed by atoms with E-state index in [4.69, 9.17) is 29.2 Å². The highest BCUT2D eigenvalue weighted by atomic mass is 16.7. The second kappa shape index (κ2) is 9.09. The lowest BCUT2D eigenvalue weighted by Gasteiger charge is -2.40. The number of hydrogen-bond acceptors (Lipinski definition) is 11. The molecule has 0 saturated carbocycles. The molecule has 1 aromatic carbocycles. The fraction of sp³-hybridized carbons (Fsp3) is 0.611. The summed E-state index contributed by atoms with van der Waals surface area (Å²) in [7, 11) is 0. The molecule has 12 heteroatoms. The molecule has 1 aromatic rings. The van der Waals surface area contributed by atoms with Crippen LogP contribution in [0.3, 0.4) is 0 Å². The van der Waals surface area contributed by atoms with E-state index in [2.05, 4.69) is 0 Å². The number of aromatic carboxylic acids is 1. The van der Waals surface area contributed by atoms with Crippen molar-refractivity contribution in [1.29, 1.82) is 0 Å². The molecule has 8 atom stereocenters. The van der Waals surface area contributed by atoms with Crippen LogP contribution in [0, 0.1) is 0 Å². The van der Waals surface area contributed by atoms with Gasteiger partial charge in [-0.25, -0.2) is 4.79 Å². The second-order valence-electron chi connectivity index (χ2n) is 7.18. The van der Waals surface area contributed by atoms with Crippen molar-refractivity contribution in [1.82, 2.24) is 0 Å². The Morgan fingerprint density at radius 2 is 1.73 bits per heavy atom. The molecule has 2 aliphatic heterocycles. The van der Waals surface area contributed by atoms with E-state index in [-0.39, 0.29) is 17.9 Å². The highest BCUT2D eigenvalue weighted by Gasteiger charge is 2.50. The number of carbonyl (C=O) groups is 1. The van der Waals surface area contributed by atoms with Crippen LogP contribution in [0.2, 0.25) is 0 Å². The second-order valence-corrected chi connectivity index (χ2v) is 7.18. The molecule has 0 aromatic heterocycles. The molecule has 2 saturated heterocycles. The lowest BCUT2D eigenvalue weighted by atomic mass is 9.99. The summed E-state index contributed by atoms with van der Waals surface area (Å²) in [5.74, 6) is -0.981. The van der Waals surface area contributed by atoms with Gasteiger partial charge in [-0.1, -0.05) is 0 Å². The first-order valence-electron chi connectivity index (χ1n) is 9.10. The minimum Gasteiger partial charge on any atom is -0.478 e. The predicted octanol–water partition coefficient (Wildman–Crippen LogP) is -2.97. The Balaban J connectivity index is 1.62. The van der Waals surface area contributed by atoms with E-state index < -0.39 is 67.9 Å². The van der Waals surface area contributed by atoms with E-state index in [0.717, 1.165) is 0 Å². The minimum atomic E-state index is -1.89. The van der Waals surface area contributed by atoms with Gasteiger partial charge in [0.25, 0.3) is 0 Å². The topological polar surface area (TPSA) is 196 Å². The van der Waals surface area contributed by atoms with Crippen molar-refractivity contribution in [3.63, 3.8) is 0 Å². The molecule has 0 radical (unpaired) electrons. The molecular formula is C18H24O12. The maximum absolute atomic E-state index is 10.9. The molecule has 2 fully saturated rings. The van der Waals surface area contributed by atoms with Crippen LogP contribution < -0.4 is 4.74 Å². The third-order valence-electron chi connectivity index (χ3n) is 5.03. The van der Waals surface area contributed by atoms with Gasteiger partial charge < -0.3 is 54.7 Å². The quantitative estimate of drug-likeness (QED) is 0.231. The Morgan fingerprint density at radius 1 is 1.07 bits per heavy atom. The molecular weight excluding hydrogens is 408 g/mol. The van der Waals surface area contributed by atoms with Crippen LogP contribution in [-0.4, -0.2) is 110 Å². The molecule has 0 aliphatic carbocycles. The van der Waals surface area contributed by atoms with E-state index in [1.807, 2.05) is 0 Å². The number of carboxylic acid groups (broad SMARTS) is 1. The Labute approximate surface area is 170 Å². The van der Waals surface area contributed by atoms with Gasteiger partial charge in [0.15, 0.2) is 6.29 Å². The first-order valence-corrected chi connectivity index (χ1v) is 9.10. The maximum atomic E-state index is 10.9. The fourth-order valence-electron chi connectivity index (χ4n) is 3.09. The third kappa shape index (κ3) is 4.56. The van der Waals surface area contributed by atoms with Crippen molar-refractivity contribution >= 4 is 5.97 Å². The van der Waals surface area contributed by atoms with Gasteiger partial charge in [-0.3, -0.25) is 0 Å². The number of hydrogen-bond donors (Lipinski definition) is 7. The van der Waals surface area contributed by atoms with Crippen molar-refractivity contribution in [2.75, 3.05) is 19.8 Å². The molecule has 0 bridgehead atoms. The van der Waals surface area contributed by atoms with E-state index >= 15 is 0 Å². The first kappa shape index (κ1) is 22.8. The van der Waals surface area contributed by atoms with Crippen LogP contribution in [0.5, 0.6) is 5.75 Å². The summed E-state index contributed by atoms with van der Waals surface area (Å²) in [5.41, 5.74) is -1.87. The molecule has 0 unspecified atom stereocenters. The number of aliphatic hydroxyl groups excluding tert-OH is 5. The molecule has 30 heavy (non-hydrogen) atoms. The van der Waals surface area contributed by atoms with Crippen LogP contribution in [0.25, 0.3) is 0 Å². The molecule has 0 spiro atoms. The average molecular weight is 432 g/mol. The van der Waals surface area contributed by atoms with E-state index in [1.54, 1.807) is 0 Å². The largest absolute Gasteiger partial charge is 0.478 e. The molecule has 2 heterocycles. The van der Waals surface area contributed by atoms with Crippen molar-refractivity contribution in [3.05, 3.63) is 29.8 Å². The normalized spacial score (nSPS) is 39.1. The van der Waals surface area contributed by atoms with Gasteiger partial charge in [0.2, 0.25) is 6.29 Å². The fourth-order valence-corrected chi connectivity index (χ4v) is 3.09. The van der Waals surface area contributed by atoms with Gasteiger partial charge in [-0.05, 0) is 24.3 Å². The summed E-state index contributed by atoms with van der Waals surface area (Å²) in [6.45, 7) is -1.53. The summed E-state index contributed by atoms with van der Waals surface area (Å²) in [4.78, 5) is 10.9. The number of ether oxygens (including phenoxy) is 4. The molecule has 0 amide bonds. The van der Waals surface area contributed by atoms with Gasteiger partial charge in [-0.15, -0.1) is 0 Å². The monoisotopic (exact) mass is 432 g/mol. The Kier molecular flexibility index (Phi) is 6.91. The molecule has 7 N–H and O–H groups in total. The Hall–Kier alpha value is -1.87.